The fraction of sp³-hybridized carbons (Fsp3) is 0.500. The molecular formula is C26H36N2O4. The third-order valence-electron chi connectivity index (χ3n) is 6.08. The van der Waals surface area contributed by atoms with Crippen LogP contribution in [0.1, 0.15) is 49.7 Å². The van der Waals surface area contributed by atoms with Gasteiger partial charge in [0.2, 0.25) is 5.91 Å². The van der Waals surface area contributed by atoms with Crippen molar-refractivity contribution in [3.05, 3.63) is 53.6 Å². The van der Waals surface area contributed by atoms with Gasteiger partial charge in [-0.1, -0.05) is 38.0 Å². The van der Waals surface area contributed by atoms with Gasteiger partial charge in [0.1, 0.15) is 6.61 Å². The number of methoxy groups -OCH3 is 1. The first kappa shape index (κ1) is 24.1. The van der Waals surface area contributed by atoms with Crippen LogP contribution in [0.2, 0.25) is 0 Å². The molecule has 1 amide bonds. The Balaban J connectivity index is 1.54. The van der Waals surface area contributed by atoms with Crippen LogP contribution in [0.15, 0.2) is 42.5 Å². The van der Waals surface area contributed by atoms with E-state index in [1.807, 2.05) is 30.3 Å². The Morgan fingerprint density at radius 2 is 1.88 bits per heavy atom. The van der Waals surface area contributed by atoms with Gasteiger partial charge >= 0.3 is 0 Å². The summed E-state index contributed by atoms with van der Waals surface area (Å²) in [5, 5.41) is 14.9. The van der Waals surface area contributed by atoms with Crippen LogP contribution in [0.4, 0.5) is 5.69 Å². The summed E-state index contributed by atoms with van der Waals surface area (Å²) in [7, 11) is 1.59. The van der Waals surface area contributed by atoms with Crippen LogP contribution in [0.5, 0.6) is 11.5 Å². The average Bonchev–Trinajstić information content (AvgIpc) is 2.80. The number of hydrogen-bond donors (Lipinski definition) is 3. The Morgan fingerprint density at radius 1 is 1.06 bits per heavy atom. The summed E-state index contributed by atoms with van der Waals surface area (Å²) >= 11 is 0. The molecular weight excluding hydrogens is 404 g/mol. The lowest BCUT2D eigenvalue weighted by atomic mass is 9.79. The van der Waals surface area contributed by atoms with Crippen molar-refractivity contribution >= 4 is 11.6 Å². The second kappa shape index (κ2) is 12.5. The van der Waals surface area contributed by atoms with Gasteiger partial charge in [-0.05, 0) is 60.1 Å². The summed E-state index contributed by atoms with van der Waals surface area (Å²) < 4.78 is 11.2. The minimum Gasteiger partial charge on any atom is -0.493 e. The number of nitrogens with one attached hydrogen (secondary N) is 2. The first-order chi connectivity index (χ1) is 15.6. The molecule has 0 bridgehead atoms. The van der Waals surface area contributed by atoms with E-state index in [4.69, 9.17) is 14.6 Å². The van der Waals surface area contributed by atoms with Gasteiger partial charge in [0, 0.05) is 18.8 Å². The smallest absolute Gasteiger partial charge is 0.228 e. The molecule has 0 saturated heterocycles. The summed E-state index contributed by atoms with van der Waals surface area (Å²) in [5.74, 6) is 2.61. The van der Waals surface area contributed by atoms with Gasteiger partial charge in [-0.25, -0.2) is 0 Å². The Hall–Kier alpha value is -2.57. The van der Waals surface area contributed by atoms with Gasteiger partial charge in [-0.2, -0.15) is 0 Å². The number of carbonyl (C=O) groups is 1. The summed E-state index contributed by atoms with van der Waals surface area (Å²) in [6, 6.07) is 13.9. The molecule has 0 heterocycles. The Bertz CT molecular complexity index is 863. The molecule has 0 spiro atoms. The lowest BCUT2D eigenvalue weighted by molar-refractivity contribution is -0.115. The Morgan fingerprint density at radius 3 is 2.62 bits per heavy atom. The summed E-state index contributed by atoms with van der Waals surface area (Å²) in [6.45, 7) is 4.07. The van der Waals surface area contributed by atoms with Crippen molar-refractivity contribution in [1.29, 1.82) is 0 Å². The van der Waals surface area contributed by atoms with Crippen molar-refractivity contribution in [3.63, 3.8) is 0 Å². The third kappa shape index (κ3) is 7.24. The molecule has 32 heavy (non-hydrogen) atoms. The fourth-order valence-corrected chi connectivity index (χ4v) is 4.23. The molecule has 2 aromatic carbocycles. The van der Waals surface area contributed by atoms with E-state index in [9.17, 15) is 4.79 Å². The zero-order chi connectivity index (χ0) is 22.8. The second-order valence-corrected chi connectivity index (χ2v) is 8.61. The topological polar surface area (TPSA) is 79.8 Å². The number of carbonyl (C=O) groups excluding carboxylic acids is 1. The first-order valence-corrected chi connectivity index (χ1v) is 11.6. The Kier molecular flexibility index (Phi) is 9.38. The molecule has 0 radical (unpaired) electrons. The quantitative estimate of drug-likeness (QED) is 0.458. The van der Waals surface area contributed by atoms with Gasteiger partial charge in [0.05, 0.1) is 20.1 Å². The van der Waals surface area contributed by atoms with Crippen LogP contribution in [0.25, 0.3) is 0 Å². The van der Waals surface area contributed by atoms with Crippen LogP contribution >= 0.6 is 0 Å². The van der Waals surface area contributed by atoms with E-state index in [0.29, 0.717) is 37.1 Å². The highest BCUT2D eigenvalue weighted by Gasteiger charge is 2.20. The van der Waals surface area contributed by atoms with Gasteiger partial charge in [-0.3, -0.25) is 4.79 Å². The monoisotopic (exact) mass is 440 g/mol. The minimum absolute atomic E-state index is 0.0525. The lowest BCUT2D eigenvalue weighted by Crippen LogP contribution is -2.24. The minimum atomic E-state index is -0.0525. The van der Waals surface area contributed by atoms with E-state index in [-0.39, 0.29) is 18.9 Å². The van der Waals surface area contributed by atoms with Crippen LogP contribution in [-0.4, -0.2) is 44.4 Å². The summed E-state index contributed by atoms with van der Waals surface area (Å²) in [6.07, 6.45) is 5.28. The van der Waals surface area contributed by atoms with Crippen LogP contribution in [-0.2, 0) is 11.2 Å². The largest absolute Gasteiger partial charge is 0.493 e. The van der Waals surface area contributed by atoms with Crippen molar-refractivity contribution in [2.45, 2.75) is 44.9 Å². The predicted molar refractivity (Wildman–Crippen MR) is 128 cm³/mol. The van der Waals surface area contributed by atoms with Gasteiger partial charge in [-0.15, -0.1) is 0 Å². The highest BCUT2D eigenvalue weighted by Crippen LogP contribution is 2.36. The predicted octanol–water partition coefficient (Wildman–Crippen LogP) is 4.13. The van der Waals surface area contributed by atoms with Crippen molar-refractivity contribution < 1.29 is 19.4 Å². The standard InChI is InChI=1S/C26H36N2O4/c1-19-6-9-21(10-7-19)22-4-3-5-23(18-22)28-26(30)17-20-8-11-24(25(16-20)31-2)32-15-13-27-12-14-29/h3-5,8,11,16,18-19,21,27,29H,6-7,9-10,12-15,17H2,1-2H3,(H,28,30). The highest BCUT2D eigenvalue weighted by atomic mass is 16.5. The molecule has 3 N–H and O–H groups in total. The third-order valence-corrected chi connectivity index (χ3v) is 6.08. The van der Waals surface area contributed by atoms with Crippen molar-refractivity contribution in [2.24, 2.45) is 5.92 Å². The molecule has 174 valence electrons. The van der Waals surface area contributed by atoms with Crippen molar-refractivity contribution in [3.8, 4) is 11.5 Å². The number of anilines is 1. The maximum absolute atomic E-state index is 12.7. The van der Waals surface area contributed by atoms with Gasteiger partial charge in [0.15, 0.2) is 11.5 Å². The maximum atomic E-state index is 12.7. The van der Waals surface area contributed by atoms with E-state index in [2.05, 4.69) is 29.7 Å². The number of benzene rings is 2. The molecule has 0 atom stereocenters. The lowest BCUT2D eigenvalue weighted by Gasteiger charge is -2.26. The summed E-state index contributed by atoms with van der Waals surface area (Å²) in [5.41, 5.74) is 3.04. The molecule has 6 heteroatoms. The van der Waals surface area contributed by atoms with E-state index in [0.717, 1.165) is 17.2 Å². The molecule has 1 aliphatic rings. The Labute approximate surface area is 191 Å². The van der Waals surface area contributed by atoms with Crippen LogP contribution in [0, 0.1) is 5.92 Å². The highest BCUT2D eigenvalue weighted by molar-refractivity contribution is 5.92. The van der Waals surface area contributed by atoms with Crippen molar-refractivity contribution in [1.82, 2.24) is 5.32 Å². The van der Waals surface area contributed by atoms with Crippen molar-refractivity contribution in [2.75, 3.05) is 38.7 Å². The second-order valence-electron chi connectivity index (χ2n) is 8.61. The SMILES string of the molecule is COc1cc(CC(=O)Nc2cccc(C3CCC(C)CC3)c2)ccc1OCCNCCO. The van der Waals surface area contributed by atoms with E-state index >= 15 is 0 Å². The molecule has 3 rings (SSSR count). The summed E-state index contributed by atoms with van der Waals surface area (Å²) in [4.78, 5) is 12.7. The molecule has 6 nitrogen and oxygen atoms in total. The number of ether oxygens (including phenoxy) is 2. The van der Waals surface area contributed by atoms with Gasteiger partial charge < -0.3 is 25.2 Å². The number of aliphatic hydroxyl groups is 1. The van der Waals surface area contributed by atoms with Crippen LogP contribution < -0.4 is 20.1 Å². The van der Waals surface area contributed by atoms with E-state index in [1.165, 1.54) is 31.2 Å². The zero-order valence-electron chi connectivity index (χ0n) is 19.2. The number of aliphatic hydroxyl groups excluding tert-OH is 1. The normalized spacial score (nSPS) is 18.2. The number of amides is 1. The number of rotatable bonds is 11. The average molecular weight is 441 g/mol. The molecule has 0 aromatic heterocycles. The molecule has 1 fully saturated rings. The molecule has 1 saturated carbocycles. The van der Waals surface area contributed by atoms with Gasteiger partial charge in [0.25, 0.3) is 0 Å². The first-order valence-electron chi connectivity index (χ1n) is 11.6. The molecule has 0 unspecified atom stereocenters. The molecule has 2 aromatic rings. The van der Waals surface area contributed by atoms with E-state index < -0.39 is 0 Å². The fourth-order valence-electron chi connectivity index (χ4n) is 4.23. The molecule has 1 aliphatic carbocycles. The van der Waals surface area contributed by atoms with Crippen LogP contribution in [0.3, 0.4) is 0 Å². The zero-order valence-corrected chi connectivity index (χ0v) is 19.2. The molecule has 0 aliphatic heterocycles. The number of hydrogen-bond acceptors (Lipinski definition) is 5. The maximum Gasteiger partial charge on any atom is 0.228 e. The van der Waals surface area contributed by atoms with E-state index in [1.54, 1.807) is 7.11 Å².